The van der Waals surface area contributed by atoms with E-state index in [4.69, 9.17) is 20.5 Å². The van der Waals surface area contributed by atoms with E-state index in [1.807, 2.05) is 0 Å². The zero-order chi connectivity index (χ0) is 13.2. The van der Waals surface area contributed by atoms with Crippen LogP contribution in [0.15, 0.2) is 10.2 Å². The van der Waals surface area contributed by atoms with Gasteiger partial charge in [0.15, 0.2) is 5.79 Å². The third kappa shape index (κ3) is 2.66. The smallest absolute Gasteiger partial charge is 0.163 e. The molecule has 0 amide bonds. The molecule has 0 aromatic carbocycles. The van der Waals surface area contributed by atoms with Crippen molar-refractivity contribution in [3.63, 3.8) is 0 Å². The minimum absolute atomic E-state index is 0.300. The number of hydrogen-bond donors (Lipinski definition) is 0. The molecule has 2 heterocycles. The lowest BCUT2D eigenvalue weighted by atomic mass is 10.0. The molecule has 0 radical (unpaired) electrons. The van der Waals surface area contributed by atoms with E-state index in [0.29, 0.717) is 11.5 Å². The van der Waals surface area contributed by atoms with Crippen LogP contribution in [0.4, 0.5) is 0 Å². The van der Waals surface area contributed by atoms with E-state index in [1.165, 1.54) is 0 Å². The van der Waals surface area contributed by atoms with Gasteiger partial charge in [-0.15, -0.1) is 0 Å². The molecule has 18 heavy (non-hydrogen) atoms. The van der Waals surface area contributed by atoms with E-state index in [2.05, 4.69) is 20.1 Å². The summed E-state index contributed by atoms with van der Waals surface area (Å²) in [6.07, 6.45) is -0.720. The largest absolute Gasteiger partial charge is 0.344 e. The number of nitrogens with zero attached hydrogens (tertiary/aromatic N) is 6. The van der Waals surface area contributed by atoms with Gasteiger partial charge in [0.2, 0.25) is 0 Å². The lowest BCUT2D eigenvalue weighted by Crippen LogP contribution is -2.39. The topological polar surface area (TPSA) is 116 Å². The molecule has 8 nitrogen and oxygen atoms in total. The molecule has 98 valence electrons. The number of fused-ring (bicyclic) bond motifs is 1. The van der Waals surface area contributed by atoms with E-state index < -0.39 is 5.79 Å². The molecule has 2 aliphatic heterocycles. The van der Waals surface area contributed by atoms with Crippen LogP contribution in [-0.4, -0.2) is 41.6 Å². The Labute approximate surface area is 108 Å². The standard InChI is InChI=1S/C9H14N6O2S/c1-9(2)16-7-5(12-14-10)3-18-4-6(13-15-11)8(7)17-9/h5-8H,3-4H2,1-2H3/t5-,6+,7-,8-/m1/s1. The third-order valence-corrected chi connectivity index (χ3v) is 4.05. The molecule has 0 aromatic rings. The first kappa shape index (κ1) is 13.3. The molecular weight excluding hydrogens is 256 g/mol. The van der Waals surface area contributed by atoms with Crippen LogP contribution >= 0.6 is 11.8 Å². The number of thioether (sulfide) groups is 1. The van der Waals surface area contributed by atoms with Crippen LogP contribution in [0.2, 0.25) is 0 Å². The van der Waals surface area contributed by atoms with Gasteiger partial charge in [0.25, 0.3) is 0 Å². The summed E-state index contributed by atoms with van der Waals surface area (Å²) in [5.41, 5.74) is 17.2. The quantitative estimate of drug-likeness (QED) is 0.436. The SMILES string of the molecule is CC1(C)O[C@H]2[C@H](O1)[C@H](N=[N+]=[N-])CSC[C@@H]2N=[N+]=[N-]. The van der Waals surface area contributed by atoms with Crippen molar-refractivity contribution in [1.82, 2.24) is 0 Å². The molecule has 0 N–H and O–H groups in total. The third-order valence-electron chi connectivity index (χ3n) is 2.90. The number of hydrogen-bond acceptors (Lipinski definition) is 5. The van der Waals surface area contributed by atoms with Crippen molar-refractivity contribution in [3.05, 3.63) is 20.9 Å². The van der Waals surface area contributed by atoms with Crippen molar-refractivity contribution in [2.45, 2.75) is 43.9 Å². The maximum absolute atomic E-state index is 8.60. The first-order chi connectivity index (χ1) is 8.57. The van der Waals surface area contributed by atoms with E-state index in [1.54, 1.807) is 25.6 Å². The van der Waals surface area contributed by atoms with E-state index >= 15 is 0 Å². The molecule has 2 saturated heterocycles. The second kappa shape index (κ2) is 5.26. The molecule has 0 unspecified atom stereocenters. The van der Waals surface area contributed by atoms with Gasteiger partial charge < -0.3 is 9.47 Å². The molecule has 2 aliphatic rings. The number of ether oxygens (including phenoxy) is 2. The van der Waals surface area contributed by atoms with Crippen LogP contribution in [0.3, 0.4) is 0 Å². The summed E-state index contributed by atoms with van der Waals surface area (Å²) >= 11 is 1.58. The molecule has 0 bridgehead atoms. The summed E-state index contributed by atoms with van der Waals surface area (Å²) in [6.45, 7) is 3.60. The van der Waals surface area contributed by atoms with Crippen molar-refractivity contribution < 1.29 is 9.47 Å². The first-order valence-electron chi connectivity index (χ1n) is 5.59. The minimum Gasteiger partial charge on any atom is -0.344 e. The average Bonchev–Trinajstić information content (AvgIpc) is 2.55. The monoisotopic (exact) mass is 270 g/mol. The highest BCUT2D eigenvalue weighted by Gasteiger charge is 2.49. The second-order valence-electron chi connectivity index (χ2n) is 4.65. The summed E-state index contributed by atoms with van der Waals surface area (Å²) < 4.78 is 11.6. The molecular formula is C9H14N6O2S. The number of azide groups is 2. The highest BCUT2D eigenvalue weighted by atomic mass is 32.2. The van der Waals surface area contributed by atoms with Crippen LogP contribution < -0.4 is 0 Å². The summed E-state index contributed by atoms with van der Waals surface area (Å²) in [5.74, 6) is 0.536. The highest BCUT2D eigenvalue weighted by Crippen LogP contribution is 2.37. The predicted octanol–water partition coefficient (Wildman–Crippen LogP) is 2.61. The van der Waals surface area contributed by atoms with Crippen LogP contribution in [0.1, 0.15) is 13.8 Å². The summed E-state index contributed by atoms with van der Waals surface area (Å²) in [4.78, 5) is 5.71. The Bertz CT molecular complexity index is 381. The second-order valence-corrected chi connectivity index (χ2v) is 5.72. The van der Waals surface area contributed by atoms with Gasteiger partial charge in [0.1, 0.15) is 0 Å². The Kier molecular flexibility index (Phi) is 3.89. The Morgan fingerprint density at radius 3 is 1.89 bits per heavy atom. The van der Waals surface area contributed by atoms with E-state index in [-0.39, 0.29) is 24.3 Å². The summed E-state index contributed by atoms with van der Waals surface area (Å²) in [6, 6.07) is -0.601. The molecule has 0 saturated carbocycles. The van der Waals surface area contributed by atoms with Crippen LogP contribution in [0.5, 0.6) is 0 Å². The molecule has 0 spiro atoms. The zero-order valence-electron chi connectivity index (χ0n) is 10.1. The minimum atomic E-state index is -0.746. The summed E-state index contributed by atoms with van der Waals surface area (Å²) in [5, 5.41) is 7.53. The molecule has 0 aromatic heterocycles. The van der Waals surface area contributed by atoms with E-state index in [0.717, 1.165) is 0 Å². The van der Waals surface area contributed by atoms with Crippen LogP contribution in [0.25, 0.3) is 20.9 Å². The molecule has 2 rings (SSSR count). The van der Waals surface area contributed by atoms with Crippen molar-refractivity contribution in [2.24, 2.45) is 10.2 Å². The van der Waals surface area contributed by atoms with Crippen LogP contribution in [-0.2, 0) is 9.47 Å². The van der Waals surface area contributed by atoms with Gasteiger partial charge in [-0.2, -0.15) is 11.8 Å². The maximum Gasteiger partial charge on any atom is 0.163 e. The molecule has 0 aliphatic carbocycles. The molecule has 2 fully saturated rings. The fraction of sp³-hybridized carbons (Fsp3) is 1.00. The van der Waals surface area contributed by atoms with Crippen molar-refractivity contribution in [2.75, 3.05) is 11.5 Å². The van der Waals surface area contributed by atoms with Crippen molar-refractivity contribution >= 4 is 11.8 Å². The normalized spacial score (nSPS) is 37.9. The molecule has 4 atom stereocenters. The van der Waals surface area contributed by atoms with Crippen molar-refractivity contribution in [1.29, 1.82) is 0 Å². The Morgan fingerprint density at radius 2 is 1.50 bits per heavy atom. The maximum atomic E-state index is 8.60. The zero-order valence-corrected chi connectivity index (χ0v) is 10.9. The molecule has 9 heteroatoms. The first-order valence-corrected chi connectivity index (χ1v) is 6.74. The van der Waals surface area contributed by atoms with E-state index in [9.17, 15) is 0 Å². The fourth-order valence-electron chi connectivity index (χ4n) is 2.24. The van der Waals surface area contributed by atoms with Gasteiger partial charge in [-0.25, -0.2) is 0 Å². The number of rotatable bonds is 2. The van der Waals surface area contributed by atoms with Crippen molar-refractivity contribution in [3.8, 4) is 0 Å². The summed E-state index contributed by atoms with van der Waals surface area (Å²) in [7, 11) is 0. The van der Waals surface area contributed by atoms with Gasteiger partial charge in [-0.1, -0.05) is 10.2 Å². The van der Waals surface area contributed by atoms with Gasteiger partial charge >= 0.3 is 0 Å². The Balaban J connectivity index is 2.29. The lowest BCUT2D eigenvalue weighted by molar-refractivity contribution is -0.148. The van der Waals surface area contributed by atoms with Crippen LogP contribution in [0, 0.1) is 0 Å². The lowest BCUT2D eigenvalue weighted by Gasteiger charge is -2.21. The predicted molar refractivity (Wildman–Crippen MR) is 67.0 cm³/mol. The Hall–Kier alpha value is -1.11. The highest BCUT2D eigenvalue weighted by molar-refractivity contribution is 7.99. The van der Waals surface area contributed by atoms with Gasteiger partial charge in [-0.3, -0.25) is 0 Å². The van der Waals surface area contributed by atoms with Gasteiger partial charge in [-0.05, 0) is 24.9 Å². The van der Waals surface area contributed by atoms with Gasteiger partial charge in [0.05, 0.1) is 24.3 Å². The average molecular weight is 270 g/mol. The fourth-order valence-corrected chi connectivity index (χ4v) is 3.37. The Morgan fingerprint density at radius 1 is 1.06 bits per heavy atom. The van der Waals surface area contributed by atoms with Gasteiger partial charge in [0, 0.05) is 21.3 Å².